The third-order valence-electron chi connectivity index (χ3n) is 3.45. The number of primary amides is 1. The lowest BCUT2D eigenvalue weighted by Crippen LogP contribution is -2.44. The van der Waals surface area contributed by atoms with E-state index in [0.29, 0.717) is 0 Å². The lowest BCUT2D eigenvalue weighted by atomic mass is 10.1. The van der Waals surface area contributed by atoms with Gasteiger partial charge in [-0.3, -0.25) is 4.79 Å². The van der Waals surface area contributed by atoms with Crippen LogP contribution in [0.2, 0.25) is 0 Å². The van der Waals surface area contributed by atoms with Crippen molar-refractivity contribution in [3.63, 3.8) is 0 Å². The standard InChI is InChI=1S/C16H27N3O/c1-4-11-18-15(16(17)20)10-12-19(5-2)14-8-6-13(3)7-9-14/h6-9,15,18H,4-5,10-12H2,1-3H3,(H2,17,20). The zero-order chi connectivity index (χ0) is 15.0. The maximum Gasteiger partial charge on any atom is 0.234 e. The van der Waals surface area contributed by atoms with E-state index in [4.69, 9.17) is 5.73 Å². The van der Waals surface area contributed by atoms with Crippen LogP contribution in [0.1, 0.15) is 32.3 Å². The van der Waals surface area contributed by atoms with Crippen molar-refractivity contribution in [2.75, 3.05) is 24.5 Å². The van der Waals surface area contributed by atoms with E-state index in [2.05, 4.69) is 55.3 Å². The largest absolute Gasteiger partial charge is 0.372 e. The molecule has 20 heavy (non-hydrogen) atoms. The van der Waals surface area contributed by atoms with Crippen molar-refractivity contribution in [1.82, 2.24) is 5.32 Å². The number of hydrogen-bond acceptors (Lipinski definition) is 3. The molecule has 4 nitrogen and oxygen atoms in total. The van der Waals surface area contributed by atoms with E-state index in [1.54, 1.807) is 0 Å². The van der Waals surface area contributed by atoms with E-state index in [-0.39, 0.29) is 11.9 Å². The molecule has 3 N–H and O–H groups in total. The Bertz CT molecular complexity index is 403. The van der Waals surface area contributed by atoms with Gasteiger partial charge in [-0.25, -0.2) is 0 Å². The number of nitrogens with zero attached hydrogens (tertiary/aromatic N) is 1. The second-order valence-electron chi connectivity index (χ2n) is 5.11. The lowest BCUT2D eigenvalue weighted by Gasteiger charge is -2.25. The average Bonchev–Trinajstić information content (AvgIpc) is 2.44. The molecule has 0 aliphatic carbocycles. The van der Waals surface area contributed by atoms with Crippen LogP contribution < -0.4 is 16.0 Å². The summed E-state index contributed by atoms with van der Waals surface area (Å²) in [5.74, 6) is -0.265. The topological polar surface area (TPSA) is 58.4 Å². The molecule has 0 heterocycles. The maximum absolute atomic E-state index is 11.4. The summed E-state index contributed by atoms with van der Waals surface area (Å²) < 4.78 is 0. The molecule has 0 fully saturated rings. The average molecular weight is 277 g/mol. The van der Waals surface area contributed by atoms with Gasteiger partial charge in [-0.15, -0.1) is 0 Å². The highest BCUT2D eigenvalue weighted by molar-refractivity contribution is 5.79. The predicted octanol–water partition coefficient (Wildman–Crippen LogP) is 2.06. The fourth-order valence-corrected chi connectivity index (χ4v) is 2.17. The van der Waals surface area contributed by atoms with Crippen molar-refractivity contribution in [3.8, 4) is 0 Å². The highest BCUT2D eigenvalue weighted by Gasteiger charge is 2.15. The Hall–Kier alpha value is -1.55. The third kappa shape index (κ3) is 5.21. The van der Waals surface area contributed by atoms with Gasteiger partial charge in [-0.05, 0) is 45.4 Å². The summed E-state index contributed by atoms with van der Waals surface area (Å²) >= 11 is 0. The lowest BCUT2D eigenvalue weighted by molar-refractivity contribution is -0.120. The summed E-state index contributed by atoms with van der Waals surface area (Å²) in [7, 11) is 0. The first-order valence-corrected chi connectivity index (χ1v) is 7.42. The number of anilines is 1. The van der Waals surface area contributed by atoms with Gasteiger partial charge in [0.1, 0.15) is 0 Å². The Morgan fingerprint density at radius 1 is 1.30 bits per heavy atom. The fraction of sp³-hybridized carbons (Fsp3) is 0.562. The maximum atomic E-state index is 11.4. The summed E-state index contributed by atoms with van der Waals surface area (Å²) in [5, 5.41) is 3.21. The molecular formula is C16H27N3O. The van der Waals surface area contributed by atoms with Crippen LogP contribution in [0.5, 0.6) is 0 Å². The molecule has 1 rings (SSSR count). The number of aryl methyl sites for hydroxylation is 1. The first kappa shape index (κ1) is 16.5. The van der Waals surface area contributed by atoms with Crippen molar-refractivity contribution < 1.29 is 4.79 Å². The Morgan fingerprint density at radius 3 is 2.45 bits per heavy atom. The van der Waals surface area contributed by atoms with Gasteiger partial charge in [-0.1, -0.05) is 24.6 Å². The van der Waals surface area contributed by atoms with Crippen LogP contribution in [0.25, 0.3) is 0 Å². The smallest absolute Gasteiger partial charge is 0.234 e. The zero-order valence-corrected chi connectivity index (χ0v) is 12.9. The summed E-state index contributed by atoms with van der Waals surface area (Å²) in [4.78, 5) is 13.7. The first-order chi connectivity index (χ1) is 9.58. The minimum atomic E-state index is -0.265. The highest BCUT2D eigenvalue weighted by atomic mass is 16.1. The van der Waals surface area contributed by atoms with Crippen LogP contribution in [0.3, 0.4) is 0 Å². The monoisotopic (exact) mass is 277 g/mol. The Balaban J connectivity index is 2.58. The van der Waals surface area contributed by atoms with Crippen LogP contribution in [0.4, 0.5) is 5.69 Å². The molecule has 1 unspecified atom stereocenters. The SMILES string of the molecule is CCCNC(CCN(CC)c1ccc(C)cc1)C(N)=O. The van der Waals surface area contributed by atoms with E-state index >= 15 is 0 Å². The summed E-state index contributed by atoms with van der Waals surface area (Å²) in [6, 6.07) is 8.22. The van der Waals surface area contributed by atoms with Crippen LogP contribution in [0, 0.1) is 6.92 Å². The van der Waals surface area contributed by atoms with Crippen LogP contribution in [-0.4, -0.2) is 31.6 Å². The zero-order valence-electron chi connectivity index (χ0n) is 12.9. The minimum Gasteiger partial charge on any atom is -0.372 e. The number of carbonyl (C=O) groups is 1. The number of benzene rings is 1. The van der Waals surface area contributed by atoms with Gasteiger partial charge in [-0.2, -0.15) is 0 Å². The third-order valence-corrected chi connectivity index (χ3v) is 3.45. The van der Waals surface area contributed by atoms with Crippen LogP contribution >= 0.6 is 0 Å². The number of hydrogen-bond donors (Lipinski definition) is 2. The minimum absolute atomic E-state index is 0.241. The molecule has 0 saturated heterocycles. The van der Waals surface area contributed by atoms with E-state index in [1.165, 1.54) is 11.3 Å². The number of amides is 1. The van der Waals surface area contributed by atoms with E-state index in [1.807, 2.05) is 0 Å². The summed E-state index contributed by atoms with van der Waals surface area (Å²) in [6.07, 6.45) is 1.73. The van der Waals surface area contributed by atoms with Gasteiger partial charge >= 0.3 is 0 Å². The number of nitrogens with two attached hydrogens (primary N) is 1. The molecule has 1 aromatic carbocycles. The van der Waals surface area contributed by atoms with Crippen LogP contribution in [0.15, 0.2) is 24.3 Å². The molecule has 0 spiro atoms. The summed E-state index contributed by atoms with van der Waals surface area (Å²) in [5.41, 5.74) is 7.89. The first-order valence-electron chi connectivity index (χ1n) is 7.42. The van der Waals surface area contributed by atoms with Gasteiger partial charge in [0.05, 0.1) is 6.04 Å². The van der Waals surface area contributed by atoms with Crippen molar-refractivity contribution in [1.29, 1.82) is 0 Å². The van der Waals surface area contributed by atoms with Crippen molar-refractivity contribution in [2.45, 2.75) is 39.7 Å². The van der Waals surface area contributed by atoms with Crippen molar-refractivity contribution in [2.24, 2.45) is 5.73 Å². The number of carbonyl (C=O) groups excluding carboxylic acids is 1. The van der Waals surface area contributed by atoms with Crippen LogP contribution in [-0.2, 0) is 4.79 Å². The van der Waals surface area contributed by atoms with Gasteiger partial charge in [0.25, 0.3) is 0 Å². The Kier molecular flexibility index (Phi) is 7.09. The molecule has 0 aliphatic heterocycles. The molecule has 1 atom stereocenters. The molecular weight excluding hydrogens is 250 g/mol. The molecule has 0 bridgehead atoms. The van der Waals surface area contributed by atoms with Gasteiger partial charge in [0, 0.05) is 18.8 Å². The predicted molar refractivity (Wildman–Crippen MR) is 85.0 cm³/mol. The quantitative estimate of drug-likeness (QED) is 0.726. The second kappa shape index (κ2) is 8.59. The number of rotatable bonds is 9. The van der Waals surface area contributed by atoms with Gasteiger partial charge in [0.2, 0.25) is 5.91 Å². The van der Waals surface area contributed by atoms with Gasteiger partial charge in [0.15, 0.2) is 0 Å². The molecule has 0 aromatic heterocycles. The van der Waals surface area contributed by atoms with E-state index in [9.17, 15) is 4.79 Å². The van der Waals surface area contributed by atoms with Gasteiger partial charge < -0.3 is 16.0 Å². The molecule has 1 aromatic rings. The van der Waals surface area contributed by atoms with E-state index in [0.717, 1.165) is 32.5 Å². The number of nitrogens with one attached hydrogen (secondary N) is 1. The molecule has 1 amide bonds. The molecule has 4 heteroatoms. The highest BCUT2D eigenvalue weighted by Crippen LogP contribution is 2.15. The Morgan fingerprint density at radius 2 is 1.95 bits per heavy atom. The van der Waals surface area contributed by atoms with Crippen molar-refractivity contribution in [3.05, 3.63) is 29.8 Å². The summed E-state index contributed by atoms with van der Waals surface area (Å²) in [6.45, 7) is 8.85. The normalized spacial score (nSPS) is 12.2. The fourth-order valence-electron chi connectivity index (χ4n) is 2.17. The molecule has 112 valence electrons. The Labute approximate surface area is 122 Å². The van der Waals surface area contributed by atoms with E-state index < -0.39 is 0 Å². The second-order valence-corrected chi connectivity index (χ2v) is 5.11. The molecule has 0 radical (unpaired) electrons. The molecule has 0 aliphatic rings. The van der Waals surface area contributed by atoms with Crippen molar-refractivity contribution >= 4 is 11.6 Å². The molecule has 0 saturated carbocycles.